The van der Waals surface area contributed by atoms with Crippen molar-refractivity contribution in [2.24, 2.45) is 0 Å². The van der Waals surface area contributed by atoms with E-state index in [4.69, 9.17) is 0 Å². The molecule has 15 heavy (non-hydrogen) atoms. The van der Waals surface area contributed by atoms with Crippen molar-refractivity contribution in [1.82, 2.24) is 0 Å². The number of hydrogen-bond donors (Lipinski definition) is 0. The van der Waals surface area contributed by atoms with Crippen LogP contribution < -0.4 is 0 Å². The number of carbonyl (C=O) groups is 1. The third kappa shape index (κ3) is 1.25. The number of hydrogen-bond acceptors (Lipinski definition) is 1. The van der Waals surface area contributed by atoms with Gasteiger partial charge in [-0.2, -0.15) is 0 Å². The summed E-state index contributed by atoms with van der Waals surface area (Å²) in [6.45, 7) is 0. The predicted octanol–water partition coefficient (Wildman–Crippen LogP) is 3.37. The molecule has 3 rings (SSSR count). The third-order valence-corrected chi connectivity index (χ3v) is 3.16. The monoisotopic (exact) mass is 258 g/mol. The molecule has 0 aromatic heterocycles. The van der Waals surface area contributed by atoms with Gasteiger partial charge in [0.15, 0.2) is 5.78 Å². The molecule has 0 heterocycles. The van der Waals surface area contributed by atoms with Crippen LogP contribution in [0, 0.1) is 0 Å². The van der Waals surface area contributed by atoms with Crippen LogP contribution in [0.5, 0.6) is 0 Å². The molecule has 0 aliphatic heterocycles. The molecule has 2 aliphatic carbocycles. The highest BCUT2D eigenvalue weighted by atomic mass is 79.9. The fraction of sp³-hybridized carbons (Fsp3) is 0. The average molecular weight is 259 g/mol. The first-order valence-electron chi connectivity index (χ1n) is 4.70. The van der Waals surface area contributed by atoms with Gasteiger partial charge >= 0.3 is 0 Å². The van der Waals surface area contributed by atoms with Gasteiger partial charge in [-0.15, -0.1) is 0 Å². The molecule has 0 saturated carbocycles. The summed E-state index contributed by atoms with van der Waals surface area (Å²) in [7, 11) is 0. The lowest BCUT2D eigenvalue weighted by atomic mass is 9.96. The first-order chi connectivity index (χ1) is 7.25. The van der Waals surface area contributed by atoms with E-state index >= 15 is 0 Å². The lowest BCUT2D eigenvalue weighted by Gasteiger charge is -2.06. The Balaban J connectivity index is 2.26. The van der Waals surface area contributed by atoms with Gasteiger partial charge in [0.05, 0.1) is 0 Å². The summed E-state index contributed by atoms with van der Waals surface area (Å²) in [6, 6.07) is 6.08. The summed E-state index contributed by atoms with van der Waals surface area (Å²) in [5.41, 5.74) is 4.11. The van der Waals surface area contributed by atoms with E-state index in [2.05, 4.69) is 15.9 Å². The van der Waals surface area contributed by atoms with Crippen LogP contribution in [0.25, 0.3) is 11.6 Å². The molecule has 0 radical (unpaired) electrons. The summed E-state index contributed by atoms with van der Waals surface area (Å²) >= 11 is 3.43. The number of halogens is 1. The van der Waals surface area contributed by atoms with E-state index < -0.39 is 0 Å². The molecule has 1 aromatic carbocycles. The van der Waals surface area contributed by atoms with Crippen molar-refractivity contribution in [3.63, 3.8) is 0 Å². The topological polar surface area (TPSA) is 17.1 Å². The van der Waals surface area contributed by atoms with Crippen LogP contribution in [0.4, 0.5) is 0 Å². The normalized spacial score (nSPS) is 17.0. The Labute approximate surface area is 95.9 Å². The molecular formula is C13H7BrO. The molecule has 72 valence electrons. The molecule has 0 N–H and O–H groups in total. The van der Waals surface area contributed by atoms with E-state index in [-0.39, 0.29) is 5.78 Å². The smallest absolute Gasteiger partial charge is 0.186 e. The zero-order valence-electron chi connectivity index (χ0n) is 7.83. The summed E-state index contributed by atoms with van der Waals surface area (Å²) < 4.78 is 1.04. The molecule has 1 aromatic rings. The number of ketones is 1. The minimum Gasteiger partial charge on any atom is -0.289 e. The molecule has 1 nitrogen and oxygen atoms in total. The van der Waals surface area contributed by atoms with Gasteiger partial charge in [-0.25, -0.2) is 0 Å². The minimum atomic E-state index is 0.0971. The zero-order chi connectivity index (χ0) is 10.4. The van der Waals surface area contributed by atoms with E-state index in [0.717, 1.165) is 26.7 Å². The Bertz CT molecular complexity index is 562. The van der Waals surface area contributed by atoms with E-state index in [9.17, 15) is 4.79 Å². The first kappa shape index (κ1) is 8.86. The SMILES string of the molecule is O=C1C=CC=C2C1=Cc1cc(Br)ccc12. The maximum Gasteiger partial charge on any atom is 0.186 e. The van der Waals surface area contributed by atoms with Crippen LogP contribution in [0.15, 0.2) is 46.5 Å². The minimum absolute atomic E-state index is 0.0971. The van der Waals surface area contributed by atoms with Gasteiger partial charge in [-0.1, -0.05) is 34.1 Å². The van der Waals surface area contributed by atoms with E-state index in [1.165, 1.54) is 0 Å². The number of rotatable bonds is 0. The van der Waals surface area contributed by atoms with E-state index in [1.807, 2.05) is 36.4 Å². The van der Waals surface area contributed by atoms with Gasteiger partial charge in [-0.3, -0.25) is 4.79 Å². The summed E-state index contributed by atoms with van der Waals surface area (Å²) in [5, 5.41) is 0. The Morgan fingerprint density at radius 3 is 2.87 bits per heavy atom. The molecule has 2 heteroatoms. The first-order valence-corrected chi connectivity index (χ1v) is 5.50. The number of fused-ring (bicyclic) bond motifs is 3. The molecule has 0 unspecified atom stereocenters. The molecule has 0 spiro atoms. The van der Waals surface area contributed by atoms with Gasteiger partial charge < -0.3 is 0 Å². The van der Waals surface area contributed by atoms with Crippen LogP contribution in [-0.4, -0.2) is 5.78 Å². The van der Waals surface area contributed by atoms with Gasteiger partial charge in [0.1, 0.15) is 0 Å². The molecule has 0 atom stereocenters. The van der Waals surface area contributed by atoms with Crippen molar-refractivity contribution in [2.75, 3.05) is 0 Å². The number of carbonyl (C=O) groups excluding carboxylic acids is 1. The van der Waals surface area contributed by atoms with Crippen LogP contribution >= 0.6 is 15.9 Å². The van der Waals surface area contributed by atoms with Crippen LogP contribution in [0.2, 0.25) is 0 Å². The van der Waals surface area contributed by atoms with E-state index in [0.29, 0.717) is 0 Å². The highest BCUT2D eigenvalue weighted by molar-refractivity contribution is 9.10. The summed E-state index contributed by atoms with van der Waals surface area (Å²) in [6.07, 6.45) is 7.37. The van der Waals surface area contributed by atoms with Crippen LogP contribution in [0.3, 0.4) is 0 Å². The summed E-state index contributed by atoms with van der Waals surface area (Å²) in [5.74, 6) is 0.0971. The Morgan fingerprint density at radius 1 is 1.13 bits per heavy atom. The quantitative estimate of drug-likeness (QED) is 0.698. The predicted molar refractivity (Wildman–Crippen MR) is 64.2 cm³/mol. The van der Waals surface area contributed by atoms with Crippen molar-refractivity contribution >= 4 is 33.4 Å². The largest absolute Gasteiger partial charge is 0.289 e. The van der Waals surface area contributed by atoms with Crippen molar-refractivity contribution in [2.45, 2.75) is 0 Å². The fourth-order valence-corrected chi connectivity index (χ4v) is 2.36. The molecule has 0 fully saturated rings. The summed E-state index contributed by atoms with van der Waals surface area (Å²) in [4.78, 5) is 11.6. The maximum absolute atomic E-state index is 11.6. The third-order valence-electron chi connectivity index (χ3n) is 2.67. The average Bonchev–Trinajstić information content (AvgIpc) is 2.57. The molecule has 0 bridgehead atoms. The van der Waals surface area contributed by atoms with Gasteiger partial charge in [0, 0.05) is 10.0 Å². The second-order valence-corrected chi connectivity index (χ2v) is 4.51. The van der Waals surface area contributed by atoms with Crippen molar-refractivity contribution in [3.8, 4) is 0 Å². The second-order valence-electron chi connectivity index (χ2n) is 3.59. The lowest BCUT2D eigenvalue weighted by Crippen LogP contribution is -2.00. The van der Waals surface area contributed by atoms with Crippen molar-refractivity contribution < 1.29 is 4.79 Å². The highest BCUT2D eigenvalue weighted by Gasteiger charge is 2.23. The second kappa shape index (κ2) is 3.04. The Hall–Kier alpha value is -1.41. The maximum atomic E-state index is 11.6. The standard InChI is InChI=1S/C13H7BrO/c14-9-4-5-10-8(6-9)7-12-11(10)2-1-3-13(12)15/h1-7H. The lowest BCUT2D eigenvalue weighted by molar-refractivity contribution is -0.110. The molecule has 2 aliphatic rings. The molecule has 0 amide bonds. The fourth-order valence-electron chi connectivity index (χ4n) is 1.98. The Kier molecular flexibility index (Phi) is 1.80. The number of allylic oxidation sites excluding steroid dienone is 5. The number of benzene rings is 1. The zero-order valence-corrected chi connectivity index (χ0v) is 9.41. The van der Waals surface area contributed by atoms with Crippen molar-refractivity contribution in [1.29, 1.82) is 0 Å². The van der Waals surface area contributed by atoms with Crippen molar-refractivity contribution in [3.05, 3.63) is 57.6 Å². The van der Waals surface area contributed by atoms with E-state index in [1.54, 1.807) is 6.08 Å². The van der Waals surface area contributed by atoms with Gasteiger partial charge in [0.2, 0.25) is 0 Å². The van der Waals surface area contributed by atoms with Gasteiger partial charge in [-0.05, 0) is 41.0 Å². The Morgan fingerprint density at radius 2 is 2.00 bits per heavy atom. The molecule has 0 saturated heterocycles. The van der Waals surface area contributed by atoms with Crippen LogP contribution in [0.1, 0.15) is 11.1 Å². The van der Waals surface area contributed by atoms with Crippen LogP contribution in [-0.2, 0) is 4.79 Å². The van der Waals surface area contributed by atoms with Gasteiger partial charge in [0.25, 0.3) is 0 Å². The molecular weight excluding hydrogens is 252 g/mol. The highest BCUT2D eigenvalue weighted by Crippen LogP contribution is 2.38.